The first-order chi connectivity index (χ1) is 15.5. The van der Waals surface area contributed by atoms with E-state index < -0.39 is 26.7 Å². The van der Waals surface area contributed by atoms with Crippen molar-refractivity contribution >= 4 is 26.3 Å². The van der Waals surface area contributed by atoms with Crippen LogP contribution >= 0.6 is 11.3 Å². The predicted molar refractivity (Wildman–Crippen MR) is 129 cm³/mol. The van der Waals surface area contributed by atoms with Crippen molar-refractivity contribution in [3.8, 4) is 0 Å². The van der Waals surface area contributed by atoms with Crippen LogP contribution in [0.4, 0.5) is 13.9 Å². The maximum atomic E-state index is 13.5. The van der Waals surface area contributed by atoms with Crippen LogP contribution in [0.5, 0.6) is 0 Å². The molecule has 176 valence electrons. The molecule has 2 aromatic carbocycles. The number of hydrogen-bond donors (Lipinski definition) is 0. The molecule has 33 heavy (non-hydrogen) atoms. The van der Waals surface area contributed by atoms with Crippen LogP contribution in [0.3, 0.4) is 0 Å². The summed E-state index contributed by atoms with van der Waals surface area (Å²) < 4.78 is 52.9. The molecule has 0 spiro atoms. The molecule has 0 aliphatic carbocycles. The van der Waals surface area contributed by atoms with Gasteiger partial charge in [0.2, 0.25) is 0 Å². The summed E-state index contributed by atoms with van der Waals surface area (Å²) in [4.78, 5) is 7.13. The zero-order valence-electron chi connectivity index (χ0n) is 19.0. The molecular weight excluding hydrogens is 462 g/mol. The Morgan fingerprint density at radius 1 is 1.03 bits per heavy atom. The van der Waals surface area contributed by atoms with Gasteiger partial charge in [0.15, 0.2) is 26.6 Å². The minimum atomic E-state index is -3.38. The van der Waals surface area contributed by atoms with Crippen LogP contribution in [-0.4, -0.2) is 31.7 Å². The molecule has 0 bridgehead atoms. The fourth-order valence-electron chi connectivity index (χ4n) is 4.08. The molecule has 4 nitrogen and oxygen atoms in total. The van der Waals surface area contributed by atoms with Gasteiger partial charge < -0.3 is 4.90 Å². The Hall–Kier alpha value is -2.32. The van der Waals surface area contributed by atoms with Gasteiger partial charge >= 0.3 is 0 Å². The number of thiazole rings is 1. The van der Waals surface area contributed by atoms with E-state index in [1.165, 1.54) is 17.4 Å². The van der Waals surface area contributed by atoms with Gasteiger partial charge in [-0.3, -0.25) is 0 Å². The lowest BCUT2D eigenvalue weighted by atomic mass is 9.87. The van der Waals surface area contributed by atoms with Crippen LogP contribution in [0, 0.1) is 11.6 Å². The Morgan fingerprint density at radius 2 is 1.70 bits per heavy atom. The maximum Gasteiger partial charge on any atom is 0.185 e. The van der Waals surface area contributed by atoms with E-state index in [-0.39, 0.29) is 5.41 Å². The lowest BCUT2D eigenvalue weighted by Crippen LogP contribution is -2.39. The Kier molecular flexibility index (Phi) is 6.60. The molecule has 0 atom stereocenters. The highest BCUT2D eigenvalue weighted by molar-refractivity contribution is 7.92. The predicted octanol–water partition coefficient (Wildman–Crippen LogP) is 5.75. The molecule has 1 aliphatic heterocycles. The first-order valence-corrected chi connectivity index (χ1v) is 13.4. The van der Waals surface area contributed by atoms with E-state index in [0.29, 0.717) is 42.8 Å². The Balaban J connectivity index is 1.39. The summed E-state index contributed by atoms with van der Waals surface area (Å²) in [7, 11) is -3.38. The molecule has 8 heteroatoms. The Morgan fingerprint density at radius 3 is 2.30 bits per heavy atom. The number of hydrogen-bond acceptors (Lipinski definition) is 5. The molecule has 0 amide bonds. The van der Waals surface area contributed by atoms with Gasteiger partial charge in [0, 0.05) is 24.9 Å². The van der Waals surface area contributed by atoms with Gasteiger partial charge in [-0.2, -0.15) is 0 Å². The first-order valence-electron chi connectivity index (χ1n) is 11.0. The van der Waals surface area contributed by atoms with Crippen molar-refractivity contribution in [3.05, 3.63) is 76.3 Å². The number of piperidine rings is 1. The van der Waals surface area contributed by atoms with E-state index in [4.69, 9.17) is 0 Å². The van der Waals surface area contributed by atoms with Crippen LogP contribution in [0.25, 0.3) is 0 Å². The summed E-state index contributed by atoms with van der Waals surface area (Å²) in [5.41, 5.74) is 2.53. The number of aromatic nitrogens is 1. The molecule has 0 N–H and O–H groups in total. The molecule has 0 saturated carbocycles. The summed E-state index contributed by atoms with van der Waals surface area (Å²) in [5.74, 6) is -1.72. The average molecular weight is 491 g/mol. The molecular formula is C25H28F2N2O2S2. The van der Waals surface area contributed by atoms with Crippen molar-refractivity contribution in [3.63, 3.8) is 0 Å². The Bertz CT molecular complexity index is 1220. The van der Waals surface area contributed by atoms with Gasteiger partial charge in [0.1, 0.15) is 0 Å². The first kappa shape index (κ1) is 23.8. The number of sulfone groups is 1. The van der Waals surface area contributed by atoms with E-state index >= 15 is 0 Å². The van der Waals surface area contributed by atoms with Crippen molar-refractivity contribution in [1.29, 1.82) is 0 Å². The fourth-order valence-corrected chi connectivity index (χ4v) is 6.69. The zero-order chi connectivity index (χ0) is 23.8. The van der Waals surface area contributed by atoms with Crippen LogP contribution < -0.4 is 4.90 Å². The standard InChI is InChI=1S/C25H28F2N2O2S2/c1-25(2,3)18-5-7-20(8-6-18)33(30,31)21-10-12-29(13-11-21)24-28-19(16-32-24)14-17-4-9-22(26)23(27)15-17/h4-9,15-16,21H,10-14H2,1-3H3. The van der Waals surface area contributed by atoms with E-state index in [1.54, 1.807) is 18.2 Å². The monoisotopic (exact) mass is 490 g/mol. The molecule has 1 aromatic heterocycles. The Labute approximate surface area is 198 Å². The maximum absolute atomic E-state index is 13.5. The number of anilines is 1. The molecule has 0 unspecified atom stereocenters. The van der Waals surface area contributed by atoms with Gasteiger partial charge in [-0.05, 0) is 53.6 Å². The highest BCUT2D eigenvalue weighted by Crippen LogP contribution is 2.31. The summed E-state index contributed by atoms with van der Waals surface area (Å²) in [6.45, 7) is 7.54. The second kappa shape index (κ2) is 9.14. The van der Waals surface area contributed by atoms with Crippen molar-refractivity contribution in [2.75, 3.05) is 18.0 Å². The average Bonchev–Trinajstić information content (AvgIpc) is 3.24. The summed E-state index contributed by atoms with van der Waals surface area (Å²) in [6, 6.07) is 11.2. The second-order valence-corrected chi connectivity index (χ2v) is 12.6. The fraction of sp³-hybridized carbons (Fsp3) is 0.400. The van der Waals surface area contributed by atoms with Crippen molar-refractivity contribution in [2.45, 2.75) is 55.6 Å². The number of benzene rings is 2. The molecule has 1 fully saturated rings. The van der Waals surface area contributed by atoms with Crippen LogP contribution in [0.2, 0.25) is 0 Å². The van der Waals surface area contributed by atoms with Gasteiger partial charge in [0.05, 0.1) is 15.8 Å². The topological polar surface area (TPSA) is 50.3 Å². The molecule has 2 heterocycles. The largest absolute Gasteiger partial charge is 0.348 e. The zero-order valence-corrected chi connectivity index (χ0v) is 20.6. The molecule has 1 aliphatic rings. The van der Waals surface area contributed by atoms with Crippen LogP contribution in [-0.2, 0) is 21.7 Å². The van der Waals surface area contributed by atoms with Gasteiger partial charge in [-0.25, -0.2) is 22.2 Å². The number of rotatable bonds is 5. The van der Waals surface area contributed by atoms with Gasteiger partial charge in [-0.1, -0.05) is 39.0 Å². The minimum Gasteiger partial charge on any atom is -0.348 e. The SMILES string of the molecule is CC(C)(C)c1ccc(S(=O)(=O)C2CCN(c3nc(Cc4ccc(F)c(F)c4)cs3)CC2)cc1. The van der Waals surface area contributed by atoms with Gasteiger partial charge in [0.25, 0.3) is 0 Å². The second-order valence-electron chi connectivity index (χ2n) is 9.55. The molecule has 3 aromatic rings. The van der Waals surface area contributed by atoms with Crippen molar-refractivity contribution < 1.29 is 17.2 Å². The summed E-state index contributed by atoms with van der Waals surface area (Å²) in [5, 5.41) is 2.34. The van der Waals surface area contributed by atoms with E-state index in [2.05, 4.69) is 30.7 Å². The third-order valence-corrected chi connectivity index (χ3v) is 9.34. The summed E-state index contributed by atoms with van der Waals surface area (Å²) in [6.07, 6.45) is 1.51. The lowest BCUT2D eigenvalue weighted by Gasteiger charge is -2.31. The molecule has 4 rings (SSSR count). The van der Waals surface area contributed by atoms with Crippen LogP contribution in [0.15, 0.2) is 52.7 Å². The molecule has 0 radical (unpaired) electrons. The van der Waals surface area contributed by atoms with Crippen molar-refractivity contribution in [1.82, 2.24) is 4.98 Å². The van der Waals surface area contributed by atoms with Crippen LogP contribution in [0.1, 0.15) is 50.4 Å². The van der Waals surface area contributed by atoms with Crippen molar-refractivity contribution in [2.24, 2.45) is 0 Å². The van der Waals surface area contributed by atoms with E-state index in [1.807, 2.05) is 17.5 Å². The minimum absolute atomic E-state index is 0.0228. The number of halogens is 2. The highest BCUT2D eigenvalue weighted by Gasteiger charge is 2.32. The number of nitrogens with zero attached hydrogens (tertiary/aromatic N) is 2. The van der Waals surface area contributed by atoms with E-state index in [9.17, 15) is 17.2 Å². The quantitative estimate of drug-likeness (QED) is 0.457. The summed E-state index contributed by atoms with van der Waals surface area (Å²) >= 11 is 1.49. The molecule has 1 saturated heterocycles. The van der Waals surface area contributed by atoms with E-state index in [0.717, 1.165) is 22.5 Å². The lowest BCUT2D eigenvalue weighted by molar-refractivity contribution is 0.507. The third kappa shape index (κ3) is 5.27. The smallest absolute Gasteiger partial charge is 0.185 e. The highest BCUT2D eigenvalue weighted by atomic mass is 32.2. The third-order valence-electron chi connectivity index (χ3n) is 6.11. The normalized spacial score (nSPS) is 15.7. The van der Waals surface area contributed by atoms with Gasteiger partial charge in [-0.15, -0.1) is 11.3 Å².